The highest BCUT2D eigenvalue weighted by molar-refractivity contribution is 7.99. The van der Waals surface area contributed by atoms with Gasteiger partial charge in [-0.1, -0.05) is 110 Å². The molecule has 52 heavy (non-hydrogen) atoms. The molecule has 5 aromatic rings. The molecule has 0 radical (unpaired) electrons. The van der Waals surface area contributed by atoms with E-state index in [0.717, 1.165) is 44.1 Å². The summed E-state index contributed by atoms with van der Waals surface area (Å²) in [5.74, 6) is 0.242. The number of aliphatic hydroxyl groups is 1. The Labute approximate surface area is 308 Å². The monoisotopic (exact) mass is 720 g/mol. The van der Waals surface area contributed by atoms with E-state index in [1.54, 1.807) is 18.0 Å². The van der Waals surface area contributed by atoms with Crippen LogP contribution in [0.2, 0.25) is 0 Å². The van der Waals surface area contributed by atoms with Crippen LogP contribution in [0.15, 0.2) is 121 Å². The number of carbonyl (C=O) groups is 2. The van der Waals surface area contributed by atoms with Crippen LogP contribution in [-0.2, 0) is 45.6 Å². The minimum absolute atomic E-state index is 0.0160. The van der Waals surface area contributed by atoms with Gasteiger partial charge in [-0.2, -0.15) is 0 Å². The van der Waals surface area contributed by atoms with Crippen molar-refractivity contribution in [3.05, 3.63) is 143 Å². The standard InChI is InChI=1S/C41H44N4O6S/c1-27-36(26-52-41-42-19-20-45(41)2)50-39(51-37(27)31-17-15-29(25-46)16-18-31)34-14-8-13-33(23-34)32-12-7-11-30(21-32)24-43-40(48)44-35(38(47)49-3)22-28-9-5-4-6-10-28/h4-21,23,27,35-37,39,46H,22,24-26H2,1-3H3,(H2,43,44,48). The number of ether oxygens (including phenoxy) is 3. The third-order valence-corrected chi connectivity index (χ3v) is 10.4. The number of amides is 2. The number of benzene rings is 4. The lowest BCUT2D eigenvalue weighted by molar-refractivity contribution is -0.268. The topological polar surface area (TPSA) is 124 Å². The van der Waals surface area contributed by atoms with E-state index in [4.69, 9.17) is 14.2 Å². The number of thioether (sulfide) groups is 1. The zero-order chi connectivity index (χ0) is 36.5. The third kappa shape index (κ3) is 9.29. The fraction of sp³-hybridized carbons (Fsp3) is 0.293. The summed E-state index contributed by atoms with van der Waals surface area (Å²) in [5, 5.41) is 16.2. The Morgan fingerprint density at radius 3 is 2.35 bits per heavy atom. The molecule has 10 nitrogen and oxygen atoms in total. The predicted molar refractivity (Wildman–Crippen MR) is 200 cm³/mol. The van der Waals surface area contributed by atoms with Gasteiger partial charge in [-0.15, -0.1) is 0 Å². The lowest BCUT2D eigenvalue weighted by Crippen LogP contribution is -2.47. The summed E-state index contributed by atoms with van der Waals surface area (Å²) in [6, 6.07) is 32.2. The average molecular weight is 721 g/mol. The first kappa shape index (κ1) is 36.8. The van der Waals surface area contributed by atoms with Gasteiger partial charge in [-0.3, -0.25) is 0 Å². The molecule has 5 unspecified atom stereocenters. The number of imidazole rings is 1. The van der Waals surface area contributed by atoms with Crippen molar-refractivity contribution in [1.82, 2.24) is 20.2 Å². The maximum absolute atomic E-state index is 12.9. The molecule has 0 aliphatic carbocycles. The van der Waals surface area contributed by atoms with Crippen LogP contribution < -0.4 is 10.6 Å². The molecule has 1 saturated heterocycles. The molecule has 270 valence electrons. The van der Waals surface area contributed by atoms with E-state index in [2.05, 4.69) is 28.6 Å². The predicted octanol–water partition coefficient (Wildman–Crippen LogP) is 6.75. The highest BCUT2D eigenvalue weighted by Gasteiger charge is 2.38. The summed E-state index contributed by atoms with van der Waals surface area (Å²) >= 11 is 1.66. The van der Waals surface area contributed by atoms with E-state index < -0.39 is 24.3 Å². The van der Waals surface area contributed by atoms with Crippen molar-refractivity contribution in [3.8, 4) is 11.1 Å². The van der Waals surface area contributed by atoms with Crippen LogP contribution in [0.25, 0.3) is 11.1 Å². The van der Waals surface area contributed by atoms with E-state index in [1.807, 2.05) is 115 Å². The maximum Gasteiger partial charge on any atom is 0.328 e. The molecule has 1 aromatic heterocycles. The minimum atomic E-state index is -0.818. The number of hydrogen-bond donors (Lipinski definition) is 3. The molecule has 1 aliphatic rings. The third-order valence-electron chi connectivity index (χ3n) is 9.22. The summed E-state index contributed by atoms with van der Waals surface area (Å²) in [4.78, 5) is 29.8. The van der Waals surface area contributed by atoms with Gasteiger partial charge in [0.25, 0.3) is 0 Å². The first-order valence-electron chi connectivity index (χ1n) is 17.3. The average Bonchev–Trinajstić information content (AvgIpc) is 3.60. The Balaban J connectivity index is 1.16. The van der Waals surface area contributed by atoms with Crippen LogP contribution in [0.3, 0.4) is 0 Å². The van der Waals surface area contributed by atoms with Gasteiger partial charge in [0, 0.05) is 49.6 Å². The smallest absolute Gasteiger partial charge is 0.328 e. The Morgan fingerprint density at radius 2 is 1.63 bits per heavy atom. The molecule has 5 atom stereocenters. The zero-order valence-electron chi connectivity index (χ0n) is 29.5. The highest BCUT2D eigenvalue weighted by atomic mass is 32.2. The van der Waals surface area contributed by atoms with Crippen LogP contribution in [-0.4, -0.2) is 51.7 Å². The number of esters is 1. The van der Waals surface area contributed by atoms with Crippen LogP contribution in [0.1, 0.15) is 47.1 Å². The van der Waals surface area contributed by atoms with Gasteiger partial charge in [0.2, 0.25) is 0 Å². The molecule has 1 fully saturated rings. The lowest BCUT2D eigenvalue weighted by atomic mass is 9.91. The number of carbonyl (C=O) groups excluding carboxylic acids is 2. The number of aliphatic hydroxyl groups excluding tert-OH is 1. The van der Waals surface area contributed by atoms with Crippen molar-refractivity contribution in [1.29, 1.82) is 0 Å². The quantitative estimate of drug-likeness (QED) is 0.0903. The normalized spacial score (nSPS) is 19.1. The fourth-order valence-electron chi connectivity index (χ4n) is 6.26. The maximum atomic E-state index is 12.9. The van der Waals surface area contributed by atoms with Crippen LogP contribution in [0, 0.1) is 5.92 Å². The van der Waals surface area contributed by atoms with E-state index in [9.17, 15) is 14.7 Å². The molecule has 6 rings (SSSR count). The summed E-state index contributed by atoms with van der Waals surface area (Å²) in [6.07, 6.45) is 3.08. The number of aromatic nitrogens is 2. The lowest BCUT2D eigenvalue weighted by Gasteiger charge is -2.41. The SMILES string of the molecule is COC(=O)C(Cc1ccccc1)NC(=O)NCc1cccc(-c2cccc(C3OC(CSc4nccn4C)C(C)C(c4ccc(CO)cc4)O3)c2)c1. The molecule has 0 spiro atoms. The number of hydrogen-bond acceptors (Lipinski definition) is 8. The van der Waals surface area contributed by atoms with Gasteiger partial charge >= 0.3 is 12.0 Å². The van der Waals surface area contributed by atoms with E-state index in [-0.39, 0.29) is 31.3 Å². The van der Waals surface area contributed by atoms with Crippen LogP contribution in [0.4, 0.5) is 4.79 Å². The Bertz CT molecular complexity index is 1940. The van der Waals surface area contributed by atoms with Crippen molar-refractivity contribution < 1.29 is 28.9 Å². The summed E-state index contributed by atoms with van der Waals surface area (Å²) in [7, 11) is 3.29. The van der Waals surface area contributed by atoms with E-state index >= 15 is 0 Å². The Hall–Kier alpha value is -4.94. The minimum Gasteiger partial charge on any atom is -0.467 e. The number of methoxy groups -OCH3 is 1. The number of rotatable bonds is 13. The summed E-state index contributed by atoms with van der Waals surface area (Å²) in [6.45, 7) is 2.40. The van der Waals surface area contributed by atoms with Gasteiger partial charge in [0.05, 0.1) is 25.9 Å². The first-order valence-corrected chi connectivity index (χ1v) is 18.3. The van der Waals surface area contributed by atoms with Gasteiger partial charge in [0.1, 0.15) is 6.04 Å². The molecule has 2 heterocycles. The largest absolute Gasteiger partial charge is 0.467 e. The summed E-state index contributed by atoms with van der Waals surface area (Å²) < 4.78 is 20.3. The molecule has 2 amide bonds. The second kappa shape index (κ2) is 17.5. The van der Waals surface area contributed by atoms with E-state index in [0.29, 0.717) is 12.2 Å². The molecule has 1 aliphatic heterocycles. The van der Waals surface area contributed by atoms with Gasteiger partial charge in [0.15, 0.2) is 11.4 Å². The first-order chi connectivity index (χ1) is 25.3. The van der Waals surface area contributed by atoms with Gasteiger partial charge in [-0.25, -0.2) is 14.6 Å². The molecule has 11 heteroatoms. The van der Waals surface area contributed by atoms with Crippen LogP contribution >= 0.6 is 11.8 Å². The molecule has 0 bridgehead atoms. The molecular formula is C41H44N4O6S. The van der Waals surface area contributed by atoms with Crippen molar-refractivity contribution in [3.63, 3.8) is 0 Å². The number of nitrogens with zero attached hydrogens (tertiary/aromatic N) is 2. The highest BCUT2D eigenvalue weighted by Crippen LogP contribution is 2.43. The summed E-state index contributed by atoms with van der Waals surface area (Å²) in [5.41, 5.74) is 6.53. The van der Waals surface area contributed by atoms with Crippen molar-refractivity contribution in [2.75, 3.05) is 12.9 Å². The number of urea groups is 1. The van der Waals surface area contributed by atoms with Gasteiger partial charge in [-0.05, 0) is 45.5 Å². The van der Waals surface area contributed by atoms with Crippen molar-refractivity contribution in [2.24, 2.45) is 13.0 Å². The fourth-order valence-corrected chi connectivity index (χ4v) is 7.36. The Kier molecular flexibility index (Phi) is 12.4. The second-order valence-electron chi connectivity index (χ2n) is 12.9. The van der Waals surface area contributed by atoms with Crippen molar-refractivity contribution >= 4 is 23.8 Å². The van der Waals surface area contributed by atoms with Gasteiger partial charge < -0.3 is 34.5 Å². The van der Waals surface area contributed by atoms with E-state index in [1.165, 1.54) is 7.11 Å². The molecule has 4 aromatic carbocycles. The molecular weight excluding hydrogens is 677 g/mol. The zero-order valence-corrected chi connectivity index (χ0v) is 30.3. The Morgan fingerprint density at radius 1 is 0.904 bits per heavy atom. The molecule has 3 N–H and O–H groups in total. The number of aryl methyl sites for hydroxylation is 1. The van der Waals surface area contributed by atoms with Crippen LogP contribution in [0.5, 0.6) is 0 Å². The molecule has 0 saturated carbocycles. The number of nitrogens with one attached hydrogen (secondary N) is 2. The second-order valence-corrected chi connectivity index (χ2v) is 13.9. The van der Waals surface area contributed by atoms with Crippen molar-refractivity contribution in [2.45, 2.75) is 56.2 Å².